The van der Waals surface area contributed by atoms with Crippen molar-refractivity contribution in [2.45, 2.75) is 13.0 Å². The summed E-state index contributed by atoms with van der Waals surface area (Å²) in [6.45, 7) is 1.62. The van der Waals surface area contributed by atoms with Gasteiger partial charge in [-0.25, -0.2) is 4.99 Å². The molecule has 4 N–H and O–H groups in total. The minimum atomic E-state index is -0.309. The number of carbonyl (C=O) groups excluding carboxylic acids is 1. The lowest BCUT2D eigenvalue weighted by atomic mass is 10.2. The summed E-state index contributed by atoms with van der Waals surface area (Å²) in [7, 11) is 0. The van der Waals surface area contributed by atoms with Crippen LogP contribution in [0.2, 0.25) is 0 Å². The van der Waals surface area contributed by atoms with Gasteiger partial charge in [-0.2, -0.15) is 0 Å². The Bertz CT molecular complexity index is 1050. The molecule has 8 nitrogen and oxygen atoms in total. The van der Waals surface area contributed by atoms with Crippen LogP contribution in [0, 0.1) is 0 Å². The Hall–Kier alpha value is -3.21. The number of fused-ring (bicyclic) bond motifs is 1. The lowest BCUT2D eigenvalue weighted by Crippen LogP contribution is -2.22. The fourth-order valence-corrected chi connectivity index (χ4v) is 2.95. The highest BCUT2D eigenvalue weighted by atomic mass is 127. The van der Waals surface area contributed by atoms with E-state index in [0.29, 0.717) is 31.2 Å². The second-order valence-electron chi connectivity index (χ2n) is 6.67. The van der Waals surface area contributed by atoms with E-state index in [0.717, 1.165) is 23.4 Å². The van der Waals surface area contributed by atoms with E-state index < -0.39 is 0 Å². The maximum atomic E-state index is 12.1. The van der Waals surface area contributed by atoms with Crippen LogP contribution in [0.3, 0.4) is 0 Å². The maximum Gasteiger partial charge on any atom is 0.291 e. The number of benzene rings is 2. The van der Waals surface area contributed by atoms with Crippen LogP contribution in [-0.2, 0) is 6.54 Å². The Kier molecular flexibility index (Phi) is 7.76. The first-order valence-corrected chi connectivity index (χ1v) is 9.58. The number of hydrogen-bond acceptors (Lipinski definition) is 5. The first-order valence-electron chi connectivity index (χ1n) is 9.58. The molecule has 1 amide bonds. The highest BCUT2D eigenvalue weighted by Gasteiger charge is 2.11. The van der Waals surface area contributed by atoms with E-state index in [1.807, 2.05) is 36.4 Å². The summed E-state index contributed by atoms with van der Waals surface area (Å²) in [5, 5.41) is 5.85. The summed E-state index contributed by atoms with van der Waals surface area (Å²) in [6, 6.07) is 16.2. The SMILES string of the molecule is I.NC(=NCc1cccc(NC(=O)c2ccco2)c1)Nc1ccc2c(c1)OCCCO2. The molecule has 0 aliphatic carbocycles. The molecule has 3 aromatic rings. The van der Waals surface area contributed by atoms with Gasteiger partial charge in [-0.1, -0.05) is 12.1 Å². The van der Waals surface area contributed by atoms with Crippen molar-refractivity contribution in [3.05, 3.63) is 72.2 Å². The normalized spacial score (nSPS) is 13.0. The molecule has 0 bridgehead atoms. The molecule has 1 aliphatic heterocycles. The number of amides is 1. The molecule has 162 valence electrons. The Morgan fingerprint density at radius 2 is 1.77 bits per heavy atom. The van der Waals surface area contributed by atoms with Gasteiger partial charge in [-0.05, 0) is 42.0 Å². The predicted octanol–water partition coefficient (Wildman–Crippen LogP) is 4.24. The van der Waals surface area contributed by atoms with E-state index in [9.17, 15) is 4.79 Å². The van der Waals surface area contributed by atoms with Crippen LogP contribution < -0.4 is 25.8 Å². The third kappa shape index (κ3) is 6.14. The molecule has 2 aromatic carbocycles. The van der Waals surface area contributed by atoms with Crippen molar-refractivity contribution in [2.75, 3.05) is 23.8 Å². The molecule has 0 saturated heterocycles. The first-order chi connectivity index (χ1) is 14.7. The maximum absolute atomic E-state index is 12.1. The minimum Gasteiger partial charge on any atom is -0.490 e. The zero-order valence-electron chi connectivity index (χ0n) is 16.7. The van der Waals surface area contributed by atoms with Crippen molar-refractivity contribution in [1.29, 1.82) is 0 Å². The number of anilines is 2. The summed E-state index contributed by atoms with van der Waals surface area (Å²) >= 11 is 0. The van der Waals surface area contributed by atoms with Crippen LogP contribution in [0.25, 0.3) is 0 Å². The summed E-state index contributed by atoms with van der Waals surface area (Å²) in [6.07, 6.45) is 2.31. The average molecular weight is 534 g/mol. The molecule has 0 atom stereocenters. The minimum absolute atomic E-state index is 0. The van der Waals surface area contributed by atoms with Crippen LogP contribution in [0.15, 0.2) is 70.3 Å². The molecule has 0 saturated carbocycles. The summed E-state index contributed by atoms with van der Waals surface area (Å²) in [5.74, 6) is 1.63. The topological polar surface area (TPSA) is 111 Å². The van der Waals surface area contributed by atoms with Gasteiger partial charge in [0.25, 0.3) is 5.91 Å². The van der Waals surface area contributed by atoms with Gasteiger partial charge in [0.05, 0.1) is 26.0 Å². The van der Waals surface area contributed by atoms with E-state index >= 15 is 0 Å². The quantitative estimate of drug-likeness (QED) is 0.257. The van der Waals surface area contributed by atoms with Crippen molar-refractivity contribution in [1.82, 2.24) is 0 Å². The molecule has 9 heteroatoms. The second kappa shape index (κ2) is 10.7. The van der Waals surface area contributed by atoms with E-state index in [-0.39, 0.29) is 41.6 Å². The van der Waals surface area contributed by atoms with Gasteiger partial charge in [0.15, 0.2) is 23.2 Å². The number of nitrogens with one attached hydrogen (secondary N) is 2. The van der Waals surface area contributed by atoms with E-state index in [1.54, 1.807) is 18.2 Å². The molecule has 0 fully saturated rings. The number of furan rings is 1. The molecule has 1 aromatic heterocycles. The monoisotopic (exact) mass is 534 g/mol. The fraction of sp³-hybridized carbons (Fsp3) is 0.182. The second-order valence-corrected chi connectivity index (χ2v) is 6.67. The summed E-state index contributed by atoms with van der Waals surface area (Å²) in [5.41, 5.74) is 8.34. The van der Waals surface area contributed by atoms with Gasteiger partial charge < -0.3 is 30.3 Å². The number of aliphatic imine (C=N–C) groups is 1. The summed E-state index contributed by atoms with van der Waals surface area (Å²) < 4.78 is 16.4. The Balaban J connectivity index is 0.00000272. The van der Waals surface area contributed by atoms with Gasteiger partial charge >= 0.3 is 0 Å². The third-order valence-electron chi connectivity index (χ3n) is 4.38. The number of halogens is 1. The van der Waals surface area contributed by atoms with Gasteiger partial charge in [0.1, 0.15) is 0 Å². The highest BCUT2D eigenvalue weighted by Crippen LogP contribution is 2.32. The Labute approximate surface area is 196 Å². The lowest BCUT2D eigenvalue weighted by Gasteiger charge is -2.11. The number of rotatable bonds is 5. The van der Waals surface area contributed by atoms with Crippen molar-refractivity contribution in [3.8, 4) is 11.5 Å². The predicted molar refractivity (Wildman–Crippen MR) is 130 cm³/mol. The molecular formula is C22H23IN4O4. The number of carbonyl (C=O) groups is 1. The van der Waals surface area contributed by atoms with Gasteiger partial charge in [0, 0.05) is 23.9 Å². The van der Waals surface area contributed by atoms with Crippen molar-refractivity contribution in [3.63, 3.8) is 0 Å². The van der Waals surface area contributed by atoms with Gasteiger partial charge in [-0.3, -0.25) is 4.79 Å². The Morgan fingerprint density at radius 1 is 0.968 bits per heavy atom. The fourth-order valence-electron chi connectivity index (χ4n) is 2.95. The molecule has 1 aliphatic rings. The largest absolute Gasteiger partial charge is 0.490 e. The average Bonchev–Trinajstić information content (AvgIpc) is 3.19. The van der Waals surface area contributed by atoms with Crippen molar-refractivity contribution >= 4 is 47.2 Å². The number of hydrogen-bond donors (Lipinski definition) is 3. The zero-order valence-corrected chi connectivity index (χ0v) is 19.0. The van der Waals surface area contributed by atoms with Crippen LogP contribution in [0.4, 0.5) is 11.4 Å². The van der Waals surface area contributed by atoms with Gasteiger partial charge in [0.2, 0.25) is 0 Å². The smallest absolute Gasteiger partial charge is 0.291 e. The molecule has 0 unspecified atom stereocenters. The Morgan fingerprint density at radius 3 is 2.58 bits per heavy atom. The molecule has 0 radical (unpaired) electrons. The number of guanidine groups is 1. The molecule has 2 heterocycles. The lowest BCUT2D eigenvalue weighted by molar-refractivity contribution is 0.0996. The molecule has 0 spiro atoms. The number of nitrogens with zero attached hydrogens (tertiary/aromatic N) is 1. The highest BCUT2D eigenvalue weighted by molar-refractivity contribution is 14.0. The number of ether oxygens (including phenoxy) is 2. The van der Waals surface area contributed by atoms with Gasteiger partial charge in [-0.15, -0.1) is 24.0 Å². The van der Waals surface area contributed by atoms with Crippen LogP contribution in [-0.4, -0.2) is 25.1 Å². The third-order valence-corrected chi connectivity index (χ3v) is 4.38. The first kappa shape index (κ1) is 22.5. The van der Waals surface area contributed by atoms with E-state index in [4.69, 9.17) is 19.6 Å². The van der Waals surface area contributed by atoms with Crippen molar-refractivity contribution < 1.29 is 18.7 Å². The van der Waals surface area contributed by atoms with Crippen LogP contribution in [0.1, 0.15) is 22.5 Å². The number of nitrogens with two attached hydrogens (primary N) is 1. The van der Waals surface area contributed by atoms with E-state index in [1.165, 1.54) is 6.26 Å². The zero-order chi connectivity index (χ0) is 20.8. The van der Waals surface area contributed by atoms with Crippen LogP contribution >= 0.6 is 24.0 Å². The molecule has 31 heavy (non-hydrogen) atoms. The standard InChI is InChI=1S/C22H22N4O4.HI/c23-22(26-17-7-8-18-20(13-17)30-11-3-10-28-18)24-14-15-4-1-5-16(12-15)25-21(27)19-6-2-9-29-19;/h1-2,4-9,12-13H,3,10-11,14H2,(H,25,27)(H3,23,24,26);1H. The van der Waals surface area contributed by atoms with Crippen LogP contribution in [0.5, 0.6) is 11.5 Å². The molecule has 4 rings (SSSR count). The van der Waals surface area contributed by atoms with E-state index in [2.05, 4.69) is 15.6 Å². The summed E-state index contributed by atoms with van der Waals surface area (Å²) in [4.78, 5) is 16.5. The molecular weight excluding hydrogens is 511 g/mol. The van der Waals surface area contributed by atoms with Crippen molar-refractivity contribution in [2.24, 2.45) is 10.7 Å².